The van der Waals surface area contributed by atoms with Gasteiger partial charge in [-0.05, 0) is 36.2 Å². The first-order chi connectivity index (χ1) is 7.58. The molecule has 0 unspecified atom stereocenters. The molecule has 0 fully saturated rings. The molecular formula is C11H9ClN2O2. The first-order valence-electron chi connectivity index (χ1n) is 4.63. The van der Waals surface area contributed by atoms with E-state index < -0.39 is 5.97 Å². The van der Waals surface area contributed by atoms with E-state index in [2.05, 4.69) is 10.2 Å². The summed E-state index contributed by atoms with van der Waals surface area (Å²) in [4.78, 5) is 10.7. The number of benzene rings is 1. The maximum atomic E-state index is 10.7. The Kier molecular flexibility index (Phi) is 2.66. The predicted molar refractivity (Wildman–Crippen MR) is 60.7 cm³/mol. The molecular weight excluding hydrogens is 228 g/mol. The van der Waals surface area contributed by atoms with Crippen LogP contribution in [0.2, 0.25) is 5.02 Å². The summed E-state index contributed by atoms with van der Waals surface area (Å²) in [6.45, 7) is 1.89. The third kappa shape index (κ3) is 1.92. The highest BCUT2D eigenvalue weighted by Crippen LogP contribution is 2.23. The molecule has 0 bridgehead atoms. The van der Waals surface area contributed by atoms with Crippen LogP contribution in [0.25, 0.3) is 11.3 Å². The number of carboxylic acid groups (broad SMARTS) is 1. The first kappa shape index (κ1) is 10.7. The van der Waals surface area contributed by atoms with E-state index in [1.54, 1.807) is 6.07 Å². The Morgan fingerprint density at radius 3 is 2.75 bits per heavy atom. The minimum Gasteiger partial charge on any atom is -0.476 e. The summed E-state index contributed by atoms with van der Waals surface area (Å²) >= 11 is 5.90. The average Bonchev–Trinajstić information content (AvgIpc) is 2.71. The molecule has 1 aromatic heterocycles. The van der Waals surface area contributed by atoms with Crippen molar-refractivity contribution in [3.63, 3.8) is 0 Å². The quantitative estimate of drug-likeness (QED) is 0.843. The van der Waals surface area contributed by atoms with Gasteiger partial charge in [-0.1, -0.05) is 17.7 Å². The van der Waals surface area contributed by atoms with Gasteiger partial charge in [-0.2, -0.15) is 5.10 Å². The SMILES string of the molecule is Cc1cc(-c2cc(C(=O)O)n[nH]2)ccc1Cl. The molecule has 1 aromatic carbocycles. The van der Waals surface area contributed by atoms with E-state index in [0.29, 0.717) is 10.7 Å². The van der Waals surface area contributed by atoms with Crippen molar-refractivity contribution in [3.05, 3.63) is 40.5 Å². The fourth-order valence-corrected chi connectivity index (χ4v) is 1.51. The van der Waals surface area contributed by atoms with E-state index in [1.165, 1.54) is 6.07 Å². The number of hydrogen-bond donors (Lipinski definition) is 2. The van der Waals surface area contributed by atoms with Gasteiger partial charge in [0.05, 0.1) is 5.69 Å². The second-order valence-electron chi connectivity index (χ2n) is 3.44. The molecule has 16 heavy (non-hydrogen) atoms. The van der Waals surface area contributed by atoms with Crippen molar-refractivity contribution in [3.8, 4) is 11.3 Å². The van der Waals surface area contributed by atoms with E-state index in [9.17, 15) is 4.79 Å². The zero-order valence-electron chi connectivity index (χ0n) is 8.49. The predicted octanol–water partition coefficient (Wildman–Crippen LogP) is 2.74. The lowest BCUT2D eigenvalue weighted by Gasteiger charge is -2.00. The van der Waals surface area contributed by atoms with Gasteiger partial charge >= 0.3 is 5.97 Å². The van der Waals surface area contributed by atoms with Gasteiger partial charge in [0, 0.05) is 5.02 Å². The number of rotatable bonds is 2. The number of H-pyrrole nitrogens is 1. The largest absolute Gasteiger partial charge is 0.476 e. The second-order valence-corrected chi connectivity index (χ2v) is 3.84. The molecule has 5 heteroatoms. The fourth-order valence-electron chi connectivity index (χ4n) is 1.39. The van der Waals surface area contributed by atoms with Gasteiger partial charge < -0.3 is 5.11 Å². The zero-order chi connectivity index (χ0) is 11.7. The minimum absolute atomic E-state index is 0.00241. The van der Waals surface area contributed by atoms with E-state index in [1.807, 2.05) is 19.1 Å². The van der Waals surface area contributed by atoms with Crippen LogP contribution < -0.4 is 0 Å². The summed E-state index contributed by atoms with van der Waals surface area (Å²) in [6, 6.07) is 6.95. The molecule has 0 aliphatic carbocycles. The van der Waals surface area contributed by atoms with Gasteiger partial charge in [0.25, 0.3) is 0 Å². The Hall–Kier alpha value is -1.81. The van der Waals surface area contributed by atoms with Crippen LogP contribution in [-0.2, 0) is 0 Å². The summed E-state index contributed by atoms with van der Waals surface area (Å²) in [7, 11) is 0. The Bertz CT molecular complexity index is 549. The lowest BCUT2D eigenvalue weighted by Crippen LogP contribution is -1.95. The maximum Gasteiger partial charge on any atom is 0.356 e. The smallest absolute Gasteiger partial charge is 0.356 e. The average molecular weight is 237 g/mol. The molecule has 2 aromatic rings. The summed E-state index contributed by atoms with van der Waals surface area (Å²) in [5, 5.41) is 15.8. The number of nitrogens with zero attached hydrogens (tertiary/aromatic N) is 1. The van der Waals surface area contributed by atoms with E-state index in [-0.39, 0.29) is 5.69 Å². The molecule has 0 saturated heterocycles. The first-order valence-corrected chi connectivity index (χ1v) is 5.01. The van der Waals surface area contributed by atoms with Crippen molar-refractivity contribution >= 4 is 17.6 Å². The highest BCUT2D eigenvalue weighted by molar-refractivity contribution is 6.31. The van der Waals surface area contributed by atoms with Gasteiger partial charge in [0.2, 0.25) is 0 Å². The molecule has 0 radical (unpaired) electrons. The Morgan fingerprint density at radius 1 is 1.44 bits per heavy atom. The van der Waals surface area contributed by atoms with E-state index in [4.69, 9.17) is 16.7 Å². The molecule has 2 N–H and O–H groups in total. The number of aryl methyl sites for hydroxylation is 1. The van der Waals surface area contributed by atoms with Crippen molar-refractivity contribution in [1.82, 2.24) is 10.2 Å². The van der Waals surface area contributed by atoms with Gasteiger partial charge in [-0.15, -0.1) is 0 Å². The summed E-state index contributed by atoms with van der Waals surface area (Å²) < 4.78 is 0. The number of aromatic carboxylic acids is 1. The second kappa shape index (κ2) is 3.98. The van der Waals surface area contributed by atoms with Crippen LogP contribution in [0.1, 0.15) is 16.1 Å². The topological polar surface area (TPSA) is 66.0 Å². The van der Waals surface area contributed by atoms with Crippen LogP contribution in [0.5, 0.6) is 0 Å². The molecule has 0 aliphatic rings. The minimum atomic E-state index is -1.05. The van der Waals surface area contributed by atoms with Gasteiger partial charge in [0.1, 0.15) is 0 Å². The number of aromatic nitrogens is 2. The number of nitrogens with one attached hydrogen (secondary N) is 1. The van der Waals surface area contributed by atoms with Crippen molar-refractivity contribution in [2.24, 2.45) is 0 Å². The van der Waals surface area contributed by atoms with Gasteiger partial charge in [-0.25, -0.2) is 4.79 Å². The molecule has 1 heterocycles. The number of hydrogen-bond acceptors (Lipinski definition) is 2. The molecule has 0 amide bonds. The lowest BCUT2D eigenvalue weighted by atomic mass is 10.1. The molecule has 2 rings (SSSR count). The molecule has 0 atom stereocenters. The monoisotopic (exact) mass is 236 g/mol. The van der Waals surface area contributed by atoms with Crippen molar-refractivity contribution in [2.75, 3.05) is 0 Å². The summed E-state index contributed by atoms with van der Waals surface area (Å²) in [5.74, 6) is -1.05. The van der Waals surface area contributed by atoms with Gasteiger partial charge in [0.15, 0.2) is 5.69 Å². The number of carboxylic acids is 1. The summed E-state index contributed by atoms with van der Waals surface area (Å²) in [5.41, 5.74) is 2.47. The van der Waals surface area contributed by atoms with Crippen LogP contribution >= 0.6 is 11.6 Å². The molecule has 4 nitrogen and oxygen atoms in total. The summed E-state index contributed by atoms with van der Waals surface area (Å²) in [6.07, 6.45) is 0. The highest BCUT2D eigenvalue weighted by Gasteiger charge is 2.09. The molecule has 0 saturated carbocycles. The maximum absolute atomic E-state index is 10.7. The van der Waals surface area contributed by atoms with Crippen LogP contribution in [-0.4, -0.2) is 21.3 Å². The Balaban J connectivity index is 2.42. The Morgan fingerprint density at radius 2 is 2.19 bits per heavy atom. The van der Waals surface area contributed by atoms with E-state index in [0.717, 1.165) is 11.1 Å². The standard InChI is InChI=1S/C11H9ClN2O2/c1-6-4-7(2-3-8(6)12)9-5-10(11(15)16)14-13-9/h2-5H,1H3,(H,13,14)(H,15,16). The number of carbonyl (C=O) groups is 1. The van der Waals surface area contributed by atoms with Crippen LogP contribution in [0.4, 0.5) is 0 Å². The normalized spacial score (nSPS) is 10.4. The van der Waals surface area contributed by atoms with Crippen molar-refractivity contribution in [2.45, 2.75) is 6.92 Å². The van der Waals surface area contributed by atoms with Crippen LogP contribution in [0.15, 0.2) is 24.3 Å². The molecule has 0 spiro atoms. The zero-order valence-corrected chi connectivity index (χ0v) is 9.25. The lowest BCUT2D eigenvalue weighted by molar-refractivity contribution is 0.0690. The molecule has 82 valence electrons. The highest BCUT2D eigenvalue weighted by atomic mass is 35.5. The number of aromatic amines is 1. The van der Waals surface area contributed by atoms with Gasteiger partial charge in [-0.3, -0.25) is 5.10 Å². The third-order valence-electron chi connectivity index (χ3n) is 2.27. The molecule has 0 aliphatic heterocycles. The van der Waals surface area contributed by atoms with Crippen molar-refractivity contribution in [1.29, 1.82) is 0 Å². The van der Waals surface area contributed by atoms with E-state index >= 15 is 0 Å². The fraction of sp³-hybridized carbons (Fsp3) is 0.0909. The third-order valence-corrected chi connectivity index (χ3v) is 2.69. The number of halogens is 1. The van der Waals surface area contributed by atoms with Crippen LogP contribution in [0.3, 0.4) is 0 Å². The van der Waals surface area contributed by atoms with Crippen LogP contribution in [0, 0.1) is 6.92 Å². The Labute approximate surface area is 96.9 Å². The van der Waals surface area contributed by atoms with Crippen molar-refractivity contribution < 1.29 is 9.90 Å².